The van der Waals surface area contributed by atoms with Crippen molar-refractivity contribution in [3.63, 3.8) is 0 Å². The quantitative estimate of drug-likeness (QED) is 0.620. The van der Waals surface area contributed by atoms with Gasteiger partial charge >= 0.3 is 0 Å². The lowest BCUT2D eigenvalue weighted by Gasteiger charge is -1.93. The van der Waals surface area contributed by atoms with E-state index in [9.17, 15) is 10.1 Å². The Morgan fingerprint density at radius 2 is 1.19 bits per heavy atom. The van der Waals surface area contributed by atoms with E-state index in [1.165, 1.54) is 0 Å². The van der Waals surface area contributed by atoms with Crippen LogP contribution < -0.4 is 5.43 Å². The molecule has 0 bridgehead atoms. The molecular formula is C12H12N2O2. The highest BCUT2D eigenvalue weighted by molar-refractivity contribution is 5.39. The van der Waals surface area contributed by atoms with Crippen LogP contribution in [-0.4, -0.2) is 5.03 Å². The third-order valence-corrected chi connectivity index (χ3v) is 1.66. The zero-order chi connectivity index (χ0) is 11.6. The van der Waals surface area contributed by atoms with Crippen molar-refractivity contribution in [2.24, 2.45) is 0 Å². The average molecular weight is 216 g/mol. The average Bonchev–Trinajstić information content (AvgIpc) is 2.32. The van der Waals surface area contributed by atoms with Gasteiger partial charge < -0.3 is 0 Å². The lowest BCUT2D eigenvalue weighted by molar-refractivity contribution is -0.445. The molecule has 0 radical (unpaired) electrons. The van der Waals surface area contributed by atoms with Crippen LogP contribution in [0, 0.1) is 10.1 Å². The van der Waals surface area contributed by atoms with Crippen LogP contribution in [-0.2, 0) is 0 Å². The van der Waals surface area contributed by atoms with Gasteiger partial charge in [-0.25, -0.2) is 10.1 Å². The maximum absolute atomic E-state index is 9.86. The molecule has 0 aliphatic rings. The van der Waals surface area contributed by atoms with E-state index in [1.807, 2.05) is 41.8 Å². The Hall–Kier alpha value is -2.36. The Bertz CT molecular complexity index is 377. The van der Waals surface area contributed by atoms with Crippen LogP contribution >= 0.6 is 0 Å². The minimum absolute atomic E-state index is 0.493. The van der Waals surface area contributed by atoms with E-state index in [1.54, 1.807) is 30.3 Å². The molecule has 0 heterocycles. The molecule has 2 aromatic carbocycles. The molecule has 0 aliphatic heterocycles. The van der Waals surface area contributed by atoms with E-state index in [2.05, 4.69) is 0 Å². The van der Waals surface area contributed by atoms with Crippen LogP contribution in [0.4, 0.5) is 5.69 Å². The molecule has 1 N–H and O–H groups in total. The molecule has 0 atom stereocenters. The first-order chi connectivity index (χ1) is 7.79. The summed E-state index contributed by atoms with van der Waals surface area (Å²) in [5, 5.41) is 9.28. The fourth-order valence-corrected chi connectivity index (χ4v) is 1.00. The van der Waals surface area contributed by atoms with E-state index in [0.717, 1.165) is 0 Å². The topological polar surface area (TPSA) is 55.2 Å². The first kappa shape index (κ1) is 11.7. The van der Waals surface area contributed by atoms with Gasteiger partial charge in [-0.1, -0.05) is 54.6 Å². The fourth-order valence-electron chi connectivity index (χ4n) is 1.00. The van der Waals surface area contributed by atoms with Crippen molar-refractivity contribution in [2.75, 3.05) is 5.43 Å². The lowest BCUT2D eigenvalue weighted by Crippen LogP contribution is -2.06. The van der Waals surface area contributed by atoms with Gasteiger partial charge in [-0.3, -0.25) is 0 Å². The zero-order valence-electron chi connectivity index (χ0n) is 8.61. The molecule has 0 aliphatic carbocycles. The number of nitrogens with zero attached hydrogens (tertiary/aromatic N) is 1. The third kappa shape index (κ3) is 5.39. The van der Waals surface area contributed by atoms with E-state index in [-0.39, 0.29) is 0 Å². The van der Waals surface area contributed by atoms with Crippen LogP contribution in [0.2, 0.25) is 0 Å². The maximum atomic E-state index is 9.86. The van der Waals surface area contributed by atoms with Gasteiger partial charge in [0.25, 0.3) is 0 Å². The summed E-state index contributed by atoms with van der Waals surface area (Å²) in [4.78, 5) is 9.86. The van der Waals surface area contributed by atoms with Crippen molar-refractivity contribution in [2.45, 2.75) is 0 Å². The van der Waals surface area contributed by atoms with Crippen molar-refractivity contribution in [3.8, 4) is 0 Å². The standard InChI is InChI=1S/C6H6N2O2.C6H6/c9-8(10)7-6-4-2-1-3-5-6;1-2-4-6-5-3-1/h1-5,7H;1-6H. The van der Waals surface area contributed by atoms with Gasteiger partial charge in [0, 0.05) is 0 Å². The number of para-hydroxylation sites is 1. The van der Waals surface area contributed by atoms with Crippen LogP contribution in [0.5, 0.6) is 0 Å². The summed E-state index contributed by atoms with van der Waals surface area (Å²) in [7, 11) is 0. The SMILES string of the molecule is O=[N+]([O-])Nc1ccccc1.c1ccccc1. The van der Waals surface area contributed by atoms with Crippen molar-refractivity contribution < 1.29 is 5.03 Å². The fraction of sp³-hybridized carbons (Fsp3) is 0. The van der Waals surface area contributed by atoms with Crippen molar-refractivity contribution in [1.82, 2.24) is 0 Å². The number of hydrazine groups is 1. The zero-order valence-corrected chi connectivity index (χ0v) is 8.61. The molecule has 0 saturated carbocycles. The minimum Gasteiger partial charge on any atom is -0.235 e. The normalized spacial score (nSPS) is 8.50. The van der Waals surface area contributed by atoms with Gasteiger partial charge in [0.15, 0.2) is 5.03 Å². The molecular weight excluding hydrogens is 204 g/mol. The van der Waals surface area contributed by atoms with Gasteiger partial charge in [0.2, 0.25) is 0 Å². The number of benzene rings is 2. The molecule has 0 fully saturated rings. The highest BCUT2D eigenvalue weighted by atomic mass is 16.7. The Labute approximate surface area is 93.7 Å². The summed E-state index contributed by atoms with van der Waals surface area (Å²) in [6.07, 6.45) is 0. The molecule has 0 amide bonds. The molecule has 0 spiro atoms. The highest BCUT2D eigenvalue weighted by Gasteiger charge is 1.93. The van der Waals surface area contributed by atoms with Gasteiger partial charge in [-0.15, -0.1) is 5.43 Å². The smallest absolute Gasteiger partial charge is 0.162 e. The van der Waals surface area contributed by atoms with Crippen molar-refractivity contribution in [3.05, 3.63) is 76.8 Å². The van der Waals surface area contributed by atoms with Crippen molar-refractivity contribution in [1.29, 1.82) is 0 Å². The molecule has 0 saturated heterocycles. The Morgan fingerprint density at radius 1 is 0.812 bits per heavy atom. The van der Waals surface area contributed by atoms with E-state index in [0.29, 0.717) is 5.69 Å². The number of hydrogen-bond donors (Lipinski definition) is 1. The number of nitrogens with one attached hydrogen (secondary N) is 1. The van der Waals surface area contributed by atoms with Gasteiger partial charge in [-0.05, 0) is 12.1 Å². The predicted molar refractivity (Wildman–Crippen MR) is 63.5 cm³/mol. The van der Waals surface area contributed by atoms with Gasteiger partial charge in [-0.2, -0.15) is 0 Å². The monoisotopic (exact) mass is 216 g/mol. The summed E-state index contributed by atoms with van der Waals surface area (Å²) in [6.45, 7) is 0. The van der Waals surface area contributed by atoms with E-state index in [4.69, 9.17) is 0 Å². The summed E-state index contributed by atoms with van der Waals surface area (Å²) in [6, 6.07) is 20.5. The Kier molecular flexibility index (Phi) is 5.13. The first-order valence-electron chi connectivity index (χ1n) is 4.75. The van der Waals surface area contributed by atoms with Crippen LogP contribution in [0.25, 0.3) is 0 Å². The molecule has 0 unspecified atom stereocenters. The summed E-state index contributed by atoms with van der Waals surface area (Å²) >= 11 is 0. The summed E-state index contributed by atoms with van der Waals surface area (Å²) in [5.41, 5.74) is 2.52. The second-order valence-corrected chi connectivity index (χ2v) is 2.89. The first-order valence-corrected chi connectivity index (χ1v) is 4.75. The minimum atomic E-state index is -0.588. The van der Waals surface area contributed by atoms with E-state index < -0.39 is 5.03 Å². The van der Waals surface area contributed by atoms with Crippen molar-refractivity contribution >= 4 is 5.69 Å². The summed E-state index contributed by atoms with van der Waals surface area (Å²) in [5.74, 6) is 0. The number of hydrogen-bond acceptors (Lipinski definition) is 2. The Balaban J connectivity index is 0.000000181. The number of anilines is 1. The molecule has 82 valence electrons. The largest absolute Gasteiger partial charge is 0.235 e. The number of nitro groups is 1. The van der Waals surface area contributed by atoms with Crippen LogP contribution in [0.1, 0.15) is 0 Å². The third-order valence-electron chi connectivity index (χ3n) is 1.66. The highest BCUT2D eigenvalue weighted by Crippen LogP contribution is 2.03. The molecule has 4 heteroatoms. The Morgan fingerprint density at radius 3 is 1.56 bits per heavy atom. The second kappa shape index (κ2) is 7.00. The molecule has 2 rings (SSSR count). The number of rotatable bonds is 2. The molecule has 0 aromatic heterocycles. The molecule has 16 heavy (non-hydrogen) atoms. The molecule has 4 nitrogen and oxygen atoms in total. The van der Waals surface area contributed by atoms with Gasteiger partial charge in [0.05, 0.1) is 0 Å². The maximum Gasteiger partial charge on any atom is 0.162 e. The summed E-state index contributed by atoms with van der Waals surface area (Å²) < 4.78 is 0. The molecule has 2 aromatic rings. The van der Waals surface area contributed by atoms with Crippen LogP contribution in [0.3, 0.4) is 0 Å². The second-order valence-electron chi connectivity index (χ2n) is 2.89. The van der Waals surface area contributed by atoms with E-state index >= 15 is 0 Å². The van der Waals surface area contributed by atoms with Gasteiger partial charge in [0.1, 0.15) is 5.69 Å². The lowest BCUT2D eigenvalue weighted by atomic mass is 10.3. The predicted octanol–water partition coefficient (Wildman–Crippen LogP) is 2.98. The van der Waals surface area contributed by atoms with Crippen LogP contribution in [0.15, 0.2) is 66.7 Å².